The van der Waals surface area contributed by atoms with Gasteiger partial charge in [-0.05, 0) is 36.8 Å². The van der Waals surface area contributed by atoms with Gasteiger partial charge < -0.3 is 15.4 Å². The Kier molecular flexibility index (Phi) is 9.42. The van der Waals surface area contributed by atoms with Crippen molar-refractivity contribution in [3.63, 3.8) is 0 Å². The van der Waals surface area contributed by atoms with Crippen LogP contribution in [-0.2, 0) is 11.3 Å². The third kappa shape index (κ3) is 6.25. The summed E-state index contributed by atoms with van der Waals surface area (Å²) in [5, 5.41) is 8.95. The Morgan fingerprint density at radius 2 is 2.04 bits per heavy atom. The number of benzene rings is 1. The van der Waals surface area contributed by atoms with Crippen LogP contribution in [0.4, 0.5) is 0 Å². The van der Waals surface area contributed by atoms with Gasteiger partial charge in [0.15, 0.2) is 5.96 Å². The molecule has 0 spiro atoms. The van der Waals surface area contributed by atoms with Gasteiger partial charge in [-0.2, -0.15) is 0 Å². The molecule has 2 unspecified atom stereocenters. The molecule has 2 aromatic rings. The van der Waals surface area contributed by atoms with Crippen LogP contribution in [0.1, 0.15) is 36.3 Å². The zero-order chi connectivity index (χ0) is 17.3. The Labute approximate surface area is 177 Å². The Hall–Kier alpha value is -1.12. The van der Waals surface area contributed by atoms with Crippen molar-refractivity contribution < 1.29 is 4.74 Å². The highest BCUT2D eigenvalue weighted by molar-refractivity contribution is 14.0. The normalized spacial score (nSPS) is 20.3. The standard InChI is InChI=1S/C20H27N3OS.HI/c1-2-21-20(23-15-18-11-7-13-25-18)22-14-17-10-6-12-24-19(17)16-8-4-3-5-9-16;/h3-5,7-9,11,13,17,19H,2,6,10,12,14-15H2,1H3,(H2,21,22,23);1H. The third-order valence-corrected chi connectivity index (χ3v) is 5.28. The Balaban J connectivity index is 0.00000243. The van der Waals surface area contributed by atoms with E-state index in [4.69, 9.17) is 9.73 Å². The van der Waals surface area contributed by atoms with Crippen molar-refractivity contribution >= 4 is 41.3 Å². The van der Waals surface area contributed by atoms with E-state index in [-0.39, 0.29) is 30.1 Å². The van der Waals surface area contributed by atoms with Crippen LogP contribution in [0.3, 0.4) is 0 Å². The second kappa shape index (κ2) is 11.6. The topological polar surface area (TPSA) is 45.7 Å². The molecular formula is C20H28IN3OS. The first-order valence-corrected chi connectivity index (χ1v) is 9.96. The minimum absolute atomic E-state index is 0. The van der Waals surface area contributed by atoms with Crippen LogP contribution < -0.4 is 10.6 Å². The third-order valence-electron chi connectivity index (χ3n) is 4.42. The van der Waals surface area contributed by atoms with Crippen LogP contribution in [0.5, 0.6) is 0 Å². The van der Waals surface area contributed by atoms with E-state index in [0.29, 0.717) is 5.92 Å². The summed E-state index contributed by atoms with van der Waals surface area (Å²) in [5.41, 5.74) is 1.27. The molecule has 26 heavy (non-hydrogen) atoms. The summed E-state index contributed by atoms with van der Waals surface area (Å²) >= 11 is 1.74. The monoisotopic (exact) mass is 485 g/mol. The number of rotatable bonds is 6. The molecule has 0 bridgehead atoms. The van der Waals surface area contributed by atoms with Gasteiger partial charge in [-0.3, -0.25) is 0 Å². The highest BCUT2D eigenvalue weighted by atomic mass is 127. The molecule has 1 fully saturated rings. The molecule has 2 N–H and O–H groups in total. The van der Waals surface area contributed by atoms with Crippen molar-refractivity contribution in [3.8, 4) is 0 Å². The fourth-order valence-corrected chi connectivity index (χ4v) is 3.82. The van der Waals surface area contributed by atoms with Gasteiger partial charge in [-0.15, -0.1) is 35.3 Å². The molecule has 1 aromatic carbocycles. The molecule has 0 radical (unpaired) electrons. The van der Waals surface area contributed by atoms with Crippen LogP contribution in [-0.4, -0.2) is 25.7 Å². The van der Waals surface area contributed by atoms with E-state index in [1.54, 1.807) is 11.3 Å². The molecule has 1 aliphatic rings. The number of thiophene rings is 1. The van der Waals surface area contributed by atoms with Crippen LogP contribution >= 0.6 is 35.3 Å². The lowest BCUT2D eigenvalue weighted by atomic mass is 9.89. The van der Waals surface area contributed by atoms with Crippen molar-refractivity contribution in [2.45, 2.75) is 32.4 Å². The molecule has 1 aliphatic heterocycles. The number of ether oxygens (including phenoxy) is 1. The van der Waals surface area contributed by atoms with Gasteiger partial charge in [-0.1, -0.05) is 36.4 Å². The van der Waals surface area contributed by atoms with Crippen molar-refractivity contribution in [1.29, 1.82) is 0 Å². The van der Waals surface area contributed by atoms with Crippen molar-refractivity contribution in [2.24, 2.45) is 10.9 Å². The number of halogens is 1. The number of hydrogen-bond donors (Lipinski definition) is 2. The van der Waals surface area contributed by atoms with E-state index in [0.717, 1.165) is 38.6 Å². The molecule has 142 valence electrons. The first-order chi connectivity index (χ1) is 12.4. The van der Waals surface area contributed by atoms with E-state index in [1.165, 1.54) is 16.9 Å². The van der Waals surface area contributed by atoms with Crippen molar-refractivity contribution in [3.05, 3.63) is 58.3 Å². The first kappa shape index (κ1) is 21.2. The highest BCUT2D eigenvalue weighted by Gasteiger charge is 2.27. The zero-order valence-corrected chi connectivity index (χ0v) is 18.3. The summed E-state index contributed by atoms with van der Waals surface area (Å²) in [5.74, 6) is 1.34. The Morgan fingerprint density at radius 3 is 2.77 bits per heavy atom. The molecule has 2 atom stereocenters. The van der Waals surface area contributed by atoms with Gasteiger partial charge in [0.1, 0.15) is 0 Å². The van der Waals surface area contributed by atoms with Gasteiger partial charge >= 0.3 is 0 Å². The highest BCUT2D eigenvalue weighted by Crippen LogP contribution is 2.33. The Bertz CT molecular complexity index is 648. The predicted octanol–water partition coefficient (Wildman–Crippen LogP) is 4.59. The quantitative estimate of drug-likeness (QED) is 0.358. The summed E-state index contributed by atoms with van der Waals surface area (Å²) in [7, 11) is 0. The largest absolute Gasteiger partial charge is 0.373 e. The van der Waals surface area contributed by atoms with Gasteiger partial charge in [0.05, 0.1) is 12.6 Å². The number of aliphatic imine (C=N–C) groups is 1. The predicted molar refractivity (Wildman–Crippen MR) is 120 cm³/mol. The summed E-state index contributed by atoms with van der Waals surface area (Å²) < 4.78 is 6.09. The molecule has 3 rings (SSSR count). The molecule has 4 nitrogen and oxygen atoms in total. The maximum absolute atomic E-state index is 6.09. The average molecular weight is 485 g/mol. The van der Waals surface area contributed by atoms with Gasteiger partial charge in [0.2, 0.25) is 0 Å². The van der Waals surface area contributed by atoms with E-state index < -0.39 is 0 Å². The molecule has 2 heterocycles. The minimum atomic E-state index is 0. The molecule has 0 amide bonds. The molecular weight excluding hydrogens is 457 g/mol. The van der Waals surface area contributed by atoms with Crippen LogP contribution in [0.2, 0.25) is 0 Å². The lowest BCUT2D eigenvalue weighted by molar-refractivity contribution is -0.0265. The average Bonchev–Trinajstić information content (AvgIpc) is 3.18. The van der Waals surface area contributed by atoms with Crippen LogP contribution in [0.25, 0.3) is 0 Å². The number of nitrogens with one attached hydrogen (secondary N) is 2. The fraction of sp³-hybridized carbons (Fsp3) is 0.450. The minimum Gasteiger partial charge on any atom is -0.373 e. The molecule has 0 saturated carbocycles. The van der Waals surface area contributed by atoms with Gasteiger partial charge in [-0.25, -0.2) is 4.99 Å². The van der Waals surface area contributed by atoms with Crippen LogP contribution in [0.15, 0.2) is 52.8 Å². The second-order valence-corrected chi connectivity index (χ2v) is 7.29. The van der Waals surface area contributed by atoms with E-state index in [1.807, 2.05) is 0 Å². The maximum Gasteiger partial charge on any atom is 0.191 e. The van der Waals surface area contributed by atoms with Crippen molar-refractivity contribution in [1.82, 2.24) is 10.6 Å². The van der Waals surface area contributed by atoms with Gasteiger partial charge in [0, 0.05) is 30.5 Å². The molecule has 6 heteroatoms. The number of nitrogens with zero attached hydrogens (tertiary/aromatic N) is 1. The summed E-state index contributed by atoms with van der Waals surface area (Å²) in [6.45, 7) is 5.40. The maximum atomic E-state index is 6.09. The lowest BCUT2D eigenvalue weighted by Crippen LogP contribution is -2.42. The SMILES string of the molecule is CCNC(=NCc1cccs1)NCC1CCCOC1c1ccccc1.I. The van der Waals surface area contributed by atoms with E-state index >= 15 is 0 Å². The van der Waals surface area contributed by atoms with E-state index in [9.17, 15) is 0 Å². The Morgan fingerprint density at radius 1 is 1.19 bits per heavy atom. The van der Waals surface area contributed by atoms with Crippen molar-refractivity contribution in [2.75, 3.05) is 19.7 Å². The number of guanidine groups is 1. The smallest absolute Gasteiger partial charge is 0.191 e. The second-order valence-electron chi connectivity index (χ2n) is 6.26. The zero-order valence-electron chi connectivity index (χ0n) is 15.2. The molecule has 1 aromatic heterocycles. The van der Waals surface area contributed by atoms with Crippen LogP contribution in [0, 0.1) is 5.92 Å². The number of hydrogen-bond acceptors (Lipinski definition) is 3. The first-order valence-electron chi connectivity index (χ1n) is 9.08. The molecule has 1 saturated heterocycles. The van der Waals surface area contributed by atoms with E-state index in [2.05, 4.69) is 65.4 Å². The summed E-state index contributed by atoms with van der Waals surface area (Å²) in [4.78, 5) is 5.98. The summed E-state index contributed by atoms with van der Waals surface area (Å²) in [6.07, 6.45) is 2.47. The molecule has 0 aliphatic carbocycles. The van der Waals surface area contributed by atoms with Gasteiger partial charge in [0.25, 0.3) is 0 Å². The summed E-state index contributed by atoms with van der Waals surface area (Å²) in [6, 6.07) is 14.8. The lowest BCUT2D eigenvalue weighted by Gasteiger charge is -2.32. The fourth-order valence-electron chi connectivity index (χ4n) is 3.19.